The fraction of sp³-hybridized carbons (Fsp3) is 0.500. The maximum Gasteiger partial charge on any atom is 0.158 e. The molecule has 0 aliphatic carbocycles. The Balaban J connectivity index is 2.10. The van der Waals surface area contributed by atoms with Crippen molar-refractivity contribution in [1.82, 2.24) is 15.3 Å². The van der Waals surface area contributed by atoms with E-state index in [9.17, 15) is 0 Å². The van der Waals surface area contributed by atoms with E-state index in [1.54, 1.807) is 12.4 Å². The third-order valence-electron chi connectivity index (χ3n) is 1.86. The molecule has 1 aliphatic rings. The van der Waals surface area contributed by atoms with Gasteiger partial charge in [-0.2, -0.15) is 0 Å². The Morgan fingerprint density at radius 3 is 2.85 bits per heavy atom. The van der Waals surface area contributed by atoms with E-state index in [-0.39, 0.29) is 6.10 Å². The number of nitrogens with zero attached hydrogens (tertiary/aromatic N) is 2. The standard InChI is InChI=1S/C8H10ClN3O/c9-6-3-11-8(12-4-6)7-5-10-1-2-13-7/h3-4,7,10H,1-2,5H2. The van der Waals surface area contributed by atoms with Crippen LogP contribution >= 0.6 is 11.6 Å². The summed E-state index contributed by atoms with van der Waals surface area (Å²) in [5, 5.41) is 3.76. The first kappa shape index (κ1) is 8.87. The highest BCUT2D eigenvalue weighted by atomic mass is 35.5. The third kappa shape index (κ3) is 2.15. The van der Waals surface area contributed by atoms with E-state index in [4.69, 9.17) is 16.3 Å². The Labute approximate surface area is 81.3 Å². The summed E-state index contributed by atoms with van der Waals surface area (Å²) in [7, 11) is 0. The van der Waals surface area contributed by atoms with Crippen molar-refractivity contribution in [2.45, 2.75) is 6.10 Å². The predicted octanol–water partition coefficient (Wildman–Crippen LogP) is 0.791. The zero-order valence-corrected chi connectivity index (χ0v) is 7.79. The molecule has 70 valence electrons. The Bertz CT molecular complexity index is 271. The molecule has 0 saturated carbocycles. The molecule has 1 fully saturated rings. The van der Waals surface area contributed by atoms with Gasteiger partial charge in [-0.15, -0.1) is 0 Å². The zero-order chi connectivity index (χ0) is 9.10. The number of ether oxygens (including phenoxy) is 1. The molecule has 1 aromatic rings. The van der Waals surface area contributed by atoms with Gasteiger partial charge in [0.2, 0.25) is 0 Å². The maximum atomic E-state index is 5.67. The molecule has 13 heavy (non-hydrogen) atoms. The van der Waals surface area contributed by atoms with Crippen LogP contribution in [0.1, 0.15) is 11.9 Å². The molecule has 0 amide bonds. The fourth-order valence-corrected chi connectivity index (χ4v) is 1.32. The molecule has 1 unspecified atom stereocenters. The molecule has 1 atom stereocenters. The molecule has 1 aromatic heterocycles. The summed E-state index contributed by atoms with van der Waals surface area (Å²) in [5.74, 6) is 0.691. The number of aromatic nitrogens is 2. The van der Waals surface area contributed by atoms with Crippen molar-refractivity contribution in [2.75, 3.05) is 19.7 Å². The van der Waals surface area contributed by atoms with E-state index in [1.807, 2.05) is 0 Å². The van der Waals surface area contributed by atoms with E-state index < -0.39 is 0 Å². The van der Waals surface area contributed by atoms with Gasteiger partial charge in [0.1, 0.15) is 6.10 Å². The molecule has 1 aliphatic heterocycles. The smallest absolute Gasteiger partial charge is 0.158 e. The van der Waals surface area contributed by atoms with Gasteiger partial charge in [-0.05, 0) is 0 Å². The molecule has 5 heteroatoms. The van der Waals surface area contributed by atoms with Crippen LogP contribution in [0.4, 0.5) is 0 Å². The largest absolute Gasteiger partial charge is 0.368 e. The van der Waals surface area contributed by atoms with E-state index in [0.29, 0.717) is 17.5 Å². The van der Waals surface area contributed by atoms with Gasteiger partial charge < -0.3 is 10.1 Å². The SMILES string of the molecule is Clc1cnc(C2CNCCO2)nc1. The minimum Gasteiger partial charge on any atom is -0.368 e. The first-order valence-electron chi connectivity index (χ1n) is 4.16. The molecule has 0 radical (unpaired) electrons. The summed E-state index contributed by atoms with van der Waals surface area (Å²) in [6.45, 7) is 2.36. The van der Waals surface area contributed by atoms with Gasteiger partial charge in [-0.3, -0.25) is 0 Å². The first-order valence-corrected chi connectivity index (χ1v) is 4.54. The Kier molecular flexibility index (Phi) is 2.73. The normalized spacial score (nSPS) is 23.0. The van der Waals surface area contributed by atoms with Crippen LogP contribution in [0, 0.1) is 0 Å². The van der Waals surface area contributed by atoms with E-state index in [1.165, 1.54) is 0 Å². The van der Waals surface area contributed by atoms with Gasteiger partial charge in [0, 0.05) is 25.5 Å². The lowest BCUT2D eigenvalue weighted by atomic mass is 10.3. The summed E-state index contributed by atoms with van der Waals surface area (Å²) in [4.78, 5) is 8.19. The number of hydrogen-bond acceptors (Lipinski definition) is 4. The average molecular weight is 200 g/mol. The highest BCUT2D eigenvalue weighted by Crippen LogP contribution is 2.14. The van der Waals surface area contributed by atoms with Gasteiger partial charge in [-0.25, -0.2) is 9.97 Å². The quantitative estimate of drug-likeness (QED) is 0.727. The summed E-state index contributed by atoms with van der Waals surface area (Å²) in [6.07, 6.45) is 3.13. The molecular weight excluding hydrogens is 190 g/mol. The van der Waals surface area contributed by atoms with Crippen LogP contribution in [0.15, 0.2) is 12.4 Å². The van der Waals surface area contributed by atoms with Crippen molar-refractivity contribution in [3.8, 4) is 0 Å². The minimum absolute atomic E-state index is 0.0361. The second kappa shape index (κ2) is 4.00. The van der Waals surface area contributed by atoms with E-state index in [2.05, 4.69) is 15.3 Å². The van der Waals surface area contributed by atoms with Crippen LogP contribution in [-0.2, 0) is 4.74 Å². The van der Waals surface area contributed by atoms with Crippen LogP contribution in [0.3, 0.4) is 0 Å². The number of morpholine rings is 1. The second-order valence-corrected chi connectivity index (χ2v) is 3.26. The highest BCUT2D eigenvalue weighted by molar-refractivity contribution is 6.30. The van der Waals surface area contributed by atoms with Crippen LogP contribution < -0.4 is 5.32 Å². The second-order valence-electron chi connectivity index (χ2n) is 2.82. The Hall–Kier alpha value is -0.710. The molecule has 0 bridgehead atoms. The molecule has 1 saturated heterocycles. The molecule has 0 aromatic carbocycles. The molecule has 2 heterocycles. The summed E-state index contributed by atoms with van der Waals surface area (Å²) in [5.41, 5.74) is 0. The van der Waals surface area contributed by atoms with Gasteiger partial charge in [0.25, 0.3) is 0 Å². The van der Waals surface area contributed by atoms with Gasteiger partial charge in [0.15, 0.2) is 5.82 Å². The first-order chi connectivity index (χ1) is 6.36. The average Bonchev–Trinajstić information content (AvgIpc) is 2.20. The number of hydrogen-bond donors (Lipinski definition) is 1. The molecule has 1 N–H and O–H groups in total. The predicted molar refractivity (Wildman–Crippen MR) is 48.6 cm³/mol. The van der Waals surface area contributed by atoms with Gasteiger partial charge in [0.05, 0.1) is 11.6 Å². The zero-order valence-electron chi connectivity index (χ0n) is 7.03. The van der Waals surface area contributed by atoms with Crippen LogP contribution in [-0.4, -0.2) is 29.7 Å². The lowest BCUT2D eigenvalue weighted by Crippen LogP contribution is -2.34. The van der Waals surface area contributed by atoms with Crippen molar-refractivity contribution in [2.24, 2.45) is 0 Å². The number of nitrogens with one attached hydrogen (secondary N) is 1. The maximum absolute atomic E-state index is 5.67. The van der Waals surface area contributed by atoms with Crippen LogP contribution in [0.2, 0.25) is 5.02 Å². The Morgan fingerprint density at radius 2 is 2.23 bits per heavy atom. The van der Waals surface area contributed by atoms with Gasteiger partial charge >= 0.3 is 0 Å². The van der Waals surface area contributed by atoms with E-state index >= 15 is 0 Å². The lowest BCUT2D eigenvalue weighted by molar-refractivity contribution is 0.0221. The Morgan fingerprint density at radius 1 is 1.46 bits per heavy atom. The summed E-state index contributed by atoms with van der Waals surface area (Å²) in [6, 6.07) is 0. The summed E-state index contributed by atoms with van der Waals surface area (Å²) >= 11 is 5.67. The molecular formula is C8H10ClN3O. The lowest BCUT2D eigenvalue weighted by Gasteiger charge is -2.21. The van der Waals surface area contributed by atoms with Crippen molar-refractivity contribution < 1.29 is 4.74 Å². The molecule has 0 spiro atoms. The summed E-state index contributed by atoms with van der Waals surface area (Å²) < 4.78 is 5.47. The topological polar surface area (TPSA) is 47.0 Å². The van der Waals surface area contributed by atoms with Crippen LogP contribution in [0.25, 0.3) is 0 Å². The van der Waals surface area contributed by atoms with Gasteiger partial charge in [-0.1, -0.05) is 11.6 Å². The third-order valence-corrected chi connectivity index (χ3v) is 2.05. The minimum atomic E-state index is -0.0361. The van der Waals surface area contributed by atoms with Crippen molar-refractivity contribution in [3.63, 3.8) is 0 Å². The number of rotatable bonds is 1. The van der Waals surface area contributed by atoms with Crippen LogP contribution in [0.5, 0.6) is 0 Å². The monoisotopic (exact) mass is 199 g/mol. The molecule has 2 rings (SSSR count). The van der Waals surface area contributed by atoms with E-state index in [0.717, 1.165) is 13.1 Å². The van der Waals surface area contributed by atoms with Crippen molar-refractivity contribution in [1.29, 1.82) is 0 Å². The van der Waals surface area contributed by atoms with Crippen molar-refractivity contribution >= 4 is 11.6 Å². The number of halogens is 1. The fourth-order valence-electron chi connectivity index (χ4n) is 1.22. The highest BCUT2D eigenvalue weighted by Gasteiger charge is 2.17. The van der Waals surface area contributed by atoms with Crippen molar-refractivity contribution in [3.05, 3.63) is 23.2 Å². The molecule has 4 nitrogen and oxygen atoms in total.